The van der Waals surface area contributed by atoms with Gasteiger partial charge in [0.15, 0.2) is 10.4 Å². The predicted molar refractivity (Wildman–Crippen MR) is 110 cm³/mol. The number of halogens is 1. The summed E-state index contributed by atoms with van der Waals surface area (Å²) in [6.07, 6.45) is 1.59. The molecule has 28 heavy (non-hydrogen) atoms. The molecule has 2 aromatic carbocycles. The Morgan fingerprint density at radius 2 is 1.71 bits per heavy atom. The van der Waals surface area contributed by atoms with Crippen molar-refractivity contribution in [3.05, 3.63) is 88.4 Å². The van der Waals surface area contributed by atoms with Gasteiger partial charge in [-0.25, -0.2) is 0 Å². The van der Waals surface area contributed by atoms with E-state index in [-0.39, 0.29) is 11.5 Å². The molecule has 0 fully saturated rings. The van der Waals surface area contributed by atoms with Gasteiger partial charge in [0.2, 0.25) is 0 Å². The zero-order chi connectivity index (χ0) is 19.9. The number of hydrogen-bond donors (Lipinski definition) is 2. The third-order valence-electron chi connectivity index (χ3n) is 3.75. The maximum atomic E-state index is 12.8. The second kappa shape index (κ2) is 9.05. The van der Waals surface area contributed by atoms with Crippen LogP contribution in [0.25, 0.3) is 6.08 Å². The van der Waals surface area contributed by atoms with Crippen LogP contribution in [0.5, 0.6) is 5.75 Å². The highest BCUT2D eigenvalue weighted by molar-refractivity contribution is 9.10. The Morgan fingerprint density at radius 3 is 2.32 bits per heavy atom. The standard InChI is InChI=1S/C21H17BrN2O4/c1-27-16-9-7-15(8-10-16)23-20(25)17(13-14-5-3-2-4-6-14)24-21(26)18-11-12-19(22)28-18/h2-13H,1H3,(H,23,25)(H,24,26)/b17-13-. The molecule has 142 valence electrons. The molecule has 0 bridgehead atoms. The van der Waals surface area contributed by atoms with Crippen molar-refractivity contribution in [3.63, 3.8) is 0 Å². The molecule has 1 heterocycles. The van der Waals surface area contributed by atoms with E-state index in [1.165, 1.54) is 6.07 Å². The van der Waals surface area contributed by atoms with Crippen LogP contribution in [0.3, 0.4) is 0 Å². The van der Waals surface area contributed by atoms with E-state index in [1.54, 1.807) is 43.5 Å². The fourth-order valence-corrected chi connectivity index (χ4v) is 2.67. The quantitative estimate of drug-likeness (QED) is 0.554. The number of furan rings is 1. The summed E-state index contributed by atoms with van der Waals surface area (Å²) >= 11 is 3.15. The maximum Gasteiger partial charge on any atom is 0.291 e. The SMILES string of the molecule is COc1ccc(NC(=O)/C(=C/c2ccccc2)NC(=O)c2ccc(Br)o2)cc1. The van der Waals surface area contributed by atoms with E-state index in [2.05, 4.69) is 26.6 Å². The molecule has 2 amide bonds. The highest BCUT2D eigenvalue weighted by atomic mass is 79.9. The molecule has 0 saturated carbocycles. The Balaban J connectivity index is 1.83. The summed E-state index contributed by atoms with van der Waals surface area (Å²) in [4.78, 5) is 25.2. The first-order valence-corrected chi connectivity index (χ1v) is 9.13. The minimum Gasteiger partial charge on any atom is -0.497 e. The molecule has 0 aliphatic rings. The van der Waals surface area contributed by atoms with Crippen LogP contribution < -0.4 is 15.4 Å². The van der Waals surface area contributed by atoms with E-state index in [4.69, 9.17) is 9.15 Å². The monoisotopic (exact) mass is 440 g/mol. The van der Waals surface area contributed by atoms with Gasteiger partial charge in [-0.1, -0.05) is 30.3 Å². The largest absolute Gasteiger partial charge is 0.497 e. The zero-order valence-electron chi connectivity index (χ0n) is 14.9. The number of methoxy groups -OCH3 is 1. The molecule has 7 heteroatoms. The molecular formula is C21H17BrN2O4. The minimum absolute atomic E-state index is 0.0829. The fraction of sp³-hybridized carbons (Fsp3) is 0.0476. The van der Waals surface area contributed by atoms with Gasteiger partial charge < -0.3 is 19.8 Å². The van der Waals surface area contributed by atoms with Crippen molar-refractivity contribution < 1.29 is 18.7 Å². The van der Waals surface area contributed by atoms with Crippen LogP contribution in [-0.4, -0.2) is 18.9 Å². The fourth-order valence-electron chi connectivity index (χ4n) is 2.37. The van der Waals surface area contributed by atoms with Gasteiger partial charge in [0.25, 0.3) is 11.8 Å². The Morgan fingerprint density at radius 1 is 1.00 bits per heavy atom. The van der Waals surface area contributed by atoms with Crippen molar-refractivity contribution >= 4 is 39.5 Å². The molecular weight excluding hydrogens is 424 g/mol. The third-order valence-corrected chi connectivity index (χ3v) is 4.17. The summed E-state index contributed by atoms with van der Waals surface area (Å²) in [5, 5.41) is 5.37. The van der Waals surface area contributed by atoms with E-state index in [1.807, 2.05) is 30.3 Å². The lowest BCUT2D eigenvalue weighted by molar-refractivity contribution is -0.113. The summed E-state index contributed by atoms with van der Waals surface area (Å²) < 4.78 is 10.8. The average Bonchev–Trinajstić information content (AvgIpc) is 3.15. The van der Waals surface area contributed by atoms with Gasteiger partial charge in [-0.3, -0.25) is 9.59 Å². The number of hydrogen-bond acceptors (Lipinski definition) is 4. The summed E-state index contributed by atoms with van der Waals surface area (Å²) in [6, 6.07) is 19.2. The number of rotatable bonds is 6. The van der Waals surface area contributed by atoms with Crippen molar-refractivity contribution in [2.24, 2.45) is 0 Å². The van der Waals surface area contributed by atoms with E-state index >= 15 is 0 Å². The Bertz CT molecular complexity index is 995. The van der Waals surface area contributed by atoms with Gasteiger partial charge in [0.05, 0.1) is 7.11 Å². The van der Waals surface area contributed by atoms with Crippen molar-refractivity contribution in [1.29, 1.82) is 0 Å². The molecule has 3 aromatic rings. The van der Waals surface area contributed by atoms with Gasteiger partial charge in [0, 0.05) is 5.69 Å². The van der Waals surface area contributed by atoms with Gasteiger partial charge in [-0.05, 0) is 64.0 Å². The summed E-state index contributed by atoms with van der Waals surface area (Å²) in [5.41, 5.74) is 1.42. The normalized spacial score (nSPS) is 11.0. The molecule has 1 aromatic heterocycles. The van der Waals surface area contributed by atoms with E-state index in [0.29, 0.717) is 16.1 Å². The topological polar surface area (TPSA) is 80.6 Å². The smallest absolute Gasteiger partial charge is 0.291 e. The molecule has 0 aliphatic heterocycles. The number of anilines is 1. The lowest BCUT2D eigenvalue weighted by Crippen LogP contribution is -2.30. The van der Waals surface area contributed by atoms with Crippen LogP contribution >= 0.6 is 15.9 Å². The zero-order valence-corrected chi connectivity index (χ0v) is 16.5. The molecule has 6 nitrogen and oxygen atoms in total. The number of ether oxygens (including phenoxy) is 1. The van der Waals surface area contributed by atoms with Crippen molar-refractivity contribution in [2.75, 3.05) is 12.4 Å². The number of benzene rings is 2. The van der Waals surface area contributed by atoms with Gasteiger partial charge in [0.1, 0.15) is 11.4 Å². The van der Waals surface area contributed by atoms with Gasteiger partial charge in [-0.15, -0.1) is 0 Å². The average molecular weight is 441 g/mol. The van der Waals surface area contributed by atoms with Crippen molar-refractivity contribution in [3.8, 4) is 5.75 Å². The van der Waals surface area contributed by atoms with Crippen molar-refractivity contribution in [1.82, 2.24) is 5.32 Å². The van der Waals surface area contributed by atoms with Crippen LogP contribution in [0.2, 0.25) is 0 Å². The second-order valence-corrected chi connectivity index (χ2v) is 6.49. The molecule has 0 spiro atoms. The number of nitrogens with one attached hydrogen (secondary N) is 2. The van der Waals surface area contributed by atoms with E-state index < -0.39 is 11.8 Å². The van der Waals surface area contributed by atoms with Gasteiger partial charge >= 0.3 is 0 Å². The molecule has 0 unspecified atom stereocenters. The van der Waals surface area contributed by atoms with Crippen LogP contribution in [0.1, 0.15) is 16.1 Å². The number of carbonyl (C=O) groups excluding carboxylic acids is 2. The molecule has 0 atom stereocenters. The lowest BCUT2D eigenvalue weighted by Gasteiger charge is -2.11. The van der Waals surface area contributed by atoms with E-state index in [9.17, 15) is 9.59 Å². The molecule has 2 N–H and O–H groups in total. The number of amides is 2. The Hall–Kier alpha value is -3.32. The van der Waals surface area contributed by atoms with Crippen LogP contribution in [0.15, 0.2) is 81.5 Å². The molecule has 0 aliphatic carbocycles. The number of carbonyl (C=O) groups is 2. The first kappa shape index (κ1) is 19.4. The first-order valence-electron chi connectivity index (χ1n) is 8.34. The summed E-state index contributed by atoms with van der Waals surface area (Å²) in [7, 11) is 1.57. The van der Waals surface area contributed by atoms with Crippen LogP contribution in [0, 0.1) is 0 Å². The lowest BCUT2D eigenvalue weighted by atomic mass is 10.2. The summed E-state index contributed by atoms with van der Waals surface area (Å²) in [5.74, 6) is -0.233. The maximum absolute atomic E-state index is 12.8. The molecule has 0 radical (unpaired) electrons. The van der Waals surface area contributed by atoms with Crippen LogP contribution in [-0.2, 0) is 4.79 Å². The third kappa shape index (κ3) is 5.11. The molecule has 3 rings (SSSR count). The molecule has 0 saturated heterocycles. The Labute approximate surface area is 170 Å². The predicted octanol–water partition coefficient (Wildman–Crippen LogP) is 4.46. The highest BCUT2D eigenvalue weighted by Gasteiger charge is 2.17. The first-order chi connectivity index (χ1) is 13.5. The highest BCUT2D eigenvalue weighted by Crippen LogP contribution is 2.17. The Kier molecular flexibility index (Phi) is 6.29. The second-order valence-electron chi connectivity index (χ2n) is 5.71. The van der Waals surface area contributed by atoms with Crippen molar-refractivity contribution in [2.45, 2.75) is 0 Å². The van der Waals surface area contributed by atoms with E-state index in [0.717, 1.165) is 5.56 Å². The minimum atomic E-state index is -0.530. The summed E-state index contributed by atoms with van der Waals surface area (Å²) in [6.45, 7) is 0. The van der Waals surface area contributed by atoms with Gasteiger partial charge in [-0.2, -0.15) is 0 Å². The van der Waals surface area contributed by atoms with Crippen LogP contribution in [0.4, 0.5) is 5.69 Å².